The van der Waals surface area contributed by atoms with Gasteiger partial charge in [0.15, 0.2) is 5.13 Å². The summed E-state index contributed by atoms with van der Waals surface area (Å²) in [5.74, 6) is 0.497. The molecule has 0 aliphatic carbocycles. The van der Waals surface area contributed by atoms with Crippen LogP contribution >= 0.6 is 11.3 Å². The molecule has 204 valence electrons. The van der Waals surface area contributed by atoms with Crippen molar-refractivity contribution >= 4 is 44.1 Å². The van der Waals surface area contributed by atoms with Crippen LogP contribution in [0.15, 0.2) is 103 Å². The summed E-state index contributed by atoms with van der Waals surface area (Å²) >= 11 is 1.26. The van der Waals surface area contributed by atoms with Crippen molar-refractivity contribution in [2.45, 2.75) is 6.04 Å². The van der Waals surface area contributed by atoms with Crippen molar-refractivity contribution in [3.05, 3.63) is 114 Å². The van der Waals surface area contributed by atoms with Crippen LogP contribution in [0.1, 0.15) is 17.2 Å². The van der Waals surface area contributed by atoms with E-state index in [0.717, 1.165) is 4.70 Å². The van der Waals surface area contributed by atoms with E-state index in [0.29, 0.717) is 44.8 Å². The first-order valence-electron chi connectivity index (χ1n) is 12.7. The van der Waals surface area contributed by atoms with Gasteiger partial charge in [0.1, 0.15) is 28.8 Å². The number of fused-ring (bicyclic) bond motifs is 1. The van der Waals surface area contributed by atoms with Gasteiger partial charge in [-0.15, -0.1) is 0 Å². The molecule has 5 aromatic rings. The van der Waals surface area contributed by atoms with Gasteiger partial charge in [-0.3, -0.25) is 14.5 Å². The second-order valence-electron chi connectivity index (χ2n) is 9.22. The number of carbonyl (C=O) groups is 2. The Balaban J connectivity index is 1.51. The fraction of sp³-hybridized carbons (Fsp3) is 0.0938. The van der Waals surface area contributed by atoms with Crippen molar-refractivity contribution in [1.82, 2.24) is 4.98 Å². The number of rotatable bonds is 7. The summed E-state index contributed by atoms with van der Waals surface area (Å²) in [5.41, 5.74) is 1.56. The van der Waals surface area contributed by atoms with E-state index < -0.39 is 17.7 Å². The molecule has 0 saturated carbocycles. The van der Waals surface area contributed by atoms with Gasteiger partial charge in [-0.1, -0.05) is 41.7 Å². The molecule has 0 radical (unpaired) electrons. The van der Waals surface area contributed by atoms with Gasteiger partial charge in [0.05, 0.1) is 36.1 Å². The molecule has 1 aliphatic rings. The Hall–Kier alpha value is -5.15. The number of methoxy groups -OCH3 is 2. The minimum absolute atomic E-state index is 0.0473. The highest BCUT2D eigenvalue weighted by atomic mass is 32.1. The van der Waals surface area contributed by atoms with Crippen LogP contribution in [0, 0.1) is 0 Å². The Bertz CT molecular complexity index is 1800. The van der Waals surface area contributed by atoms with Gasteiger partial charge in [0, 0.05) is 5.56 Å². The number of Topliss-reactive ketones (excluding diaryl/α,β-unsaturated/α-hetero) is 1. The summed E-state index contributed by atoms with van der Waals surface area (Å²) in [6, 6.07) is 27.5. The first-order valence-corrected chi connectivity index (χ1v) is 13.5. The summed E-state index contributed by atoms with van der Waals surface area (Å²) in [6.07, 6.45) is 0. The zero-order chi connectivity index (χ0) is 28.5. The van der Waals surface area contributed by atoms with Crippen LogP contribution in [-0.2, 0) is 9.59 Å². The Kier molecular flexibility index (Phi) is 6.86. The molecule has 8 nitrogen and oxygen atoms in total. The number of carbonyl (C=O) groups excluding carboxylic acids is 2. The first kappa shape index (κ1) is 26.1. The minimum Gasteiger partial charge on any atom is -0.507 e. The zero-order valence-corrected chi connectivity index (χ0v) is 22.9. The molecular formula is C32H24N2O6S. The van der Waals surface area contributed by atoms with E-state index in [2.05, 4.69) is 4.98 Å². The molecule has 6 rings (SSSR count). The first-order chi connectivity index (χ1) is 20.0. The number of anilines is 1. The van der Waals surface area contributed by atoms with Crippen molar-refractivity contribution in [2.75, 3.05) is 19.1 Å². The number of nitrogens with zero attached hydrogens (tertiary/aromatic N) is 2. The molecule has 1 aliphatic heterocycles. The van der Waals surface area contributed by atoms with Crippen molar-refractivity contribution < 1.29 is 28.9 Å². The highest BCUT2D eigenvalue weighted by Gasteiger charge is 2.48. The number of hydrogen-bond acceptors (Lipinski definition) is 8. The van der Waals surface area contributed by atoms with Gasteiger partial charge in [-0.05, 0) is 72.3 Å². The lowest BCUT2D eigenvalue weighted by Crippen LogP contribution is -2.29. The molecule has 2 heterocycles. The smallest absolute Gasteiger partial charge is 0.301 e. The molecule has 1 saturated heterocycles. The van der Waals surface area contributed by atoms with Crippen molar-refractivity contribution in [2.24, 2.45) is 0 Å². The number of hydrogen-bond donors (Lipinski definition) is 1. The standard InChI is InChI=1S/C32H24N2O6S/c1-38-21-13-11-19(12-14-21)29(35)27-28(20-7-6-10-24(17-20)40-22-8-4-3-5-9-22)34(31(37)30(27)36)32-33-25-16-15-23(39-2)18-26(25)41-32/h3-18,28,35H,1-2H3. The molecule has 1 atom stereocenters. The van der Waals surface area contributed by atoms with E-state index in [1.165, 1.54) is 16.2 Å². The van der Waals surface area contributed by atoms with E-state index in [1.807, 2.05) is 36.4 Å². The molecule has 1 aromatic heterocycles. The number of thiazole rings is 1. The summed E-state index contributed by atoms with van der Waals surface area (Å²) < 4.78 is 17.4. The molecule has 1 unspecified atom stereocenters. The SMILES string of the molecule is COc1ccc(C(O)=C2C(=O)C(=O)N(c3nc4ccc(OC)cc4s3)C2c2cccc(Oc3ccccc3)c2)cc1. The molecule has 1 amide bonds. The molecule has 41 heavy (non-hydrogen) atoms. The lowest BCUT2D eigenvalue weighted by molar-refractivity contribution is -0.132. The average Bonchev–Trinajstić information content (AvgIpc) is 3.54. The Morgan fingerprint density at radius 2 is 1.51 bits per heavy atom. The van der Waals surface area contributed by atoms with E-state index in [-0.39, 0.29) is 11.3 Å². The van der Waals surface area contributed by atoms with Crippen LogP contribution in [0.3, 0.4) is 0 Å². The number of para-hydroxylation sites is 1. The summed E-state index contributed by atoms with van der Waals surface area (Å²) in [5, 5.41) is 11.8. The number of aliphatic hydroxyl groups is 1. The van der Waals surface area contributed by atoms with Crippen LogP contribution in [0.4, 0.5) is 5.13 Å². The van der Waals surface area contributed by atoms with Gasteiger partial charge < -0.3 is 19.3 Å². The maximum absolute atomic E-state index is 13.6. The molecule has 0 spiro atoms. The monoisotopic (exact) mass is 564 g/mol. The second kappa shape index (κ2) is 10.8. The lowest BCUT2D eigenvalue weighted by atomic mass is 9.95. The molecule has 1 fully saturated rings. The van der Waals surface area contributed by atoms with Crippen LogP contribution < -0.4 is 19.1 Å². The van der Waals surface area contributed by atoms with Crippen molar-refractivity contribution in [3.8, 4) is 23.0 Å². The van der Waals surface area contributed by atoms with Gasteiger partial charge in [0.25, 0.3) is 5.78 Å². The number of ketones is 1. The summed E-state index contributed by atoms with van der Waals surface area (Å²) in [7, 11) is 3.11. The van der Waals surface area contributed by atoms with E-state index in [4.69, 9.17) is 14.2 Å². The van der Waals surface area contributed by atoms with Gasteiger partial charge >= 0.3 is 5.91 Å². The third-order valence-corrected chi connectivity index (χ3v) is 7.77. The van der Waals surface area contributed by atoms with Gasteiger partial charge in [0.2, 0.25) is 0 Å². The fourth-order valence-corrected chi connectivity index (χ4v) is 5.77. The van der Waals surface area contributed by atoms with Crippen molar-refractivity contribution in [1.29, 1.82) is 0 Å². The molecular weight excluding hydrogens is 540 g/mol. The van der Waals surface area contributed by atoms with Crippen LogP contribution in [0.2, 0.25) is 0 Å². The molecule has 1 N–H and O–H groups in total. The third-order valence-electron chi connectivity index (χ3n) is 6.75. The molecule has 4 aromatic carbocycles. The zero-order valence-electron chi connectivity index (χ0n) is 22.1. The number of aliphatic hydroxyl groups excluding tert-OH is 1. The number of ether oxygens (including phenoxy) is 3. The molecule has 0 bridgehead atoms. The number of benzene rings is 4. The summed E-state index contributed by atoms with van der Waals surface area (Å²) in [4.78, 5) is 33.2. The normalized spacial score (nSPS) is 16.2. The predicted octanol–water partition coefficient (Wildman–Crippen LogP) is 6.73. The van der Waals surface area contributed by atoms with Gasteiger partial charge in [-0.2, -0.15) is 0 Å². The predicted molar refractivity (Wildman–Crippen MR) is 157 cm³/mol. The number of amides is 1. The fourth-order valence-electron chi connectivity index (χ4n) is 4.75. The Morgan fingerprint density at radius 3 is 2.24 bits per heavy atom. The van der Waals surface area contributed by atoms with E-state index >= 15 is 0 Å². The number of aromatic nitrogens is 1. The quantitative estimate of drug-likeness (QED) is 0.133. The minimum atomic E-state index is -0.959. The molecule has 9 heteroatoms. The largest absolute Gasteiger partial charge is 0.507 e. The highest BCUT2D eigenvalue weighted by molar-refractivity contribution is 7.22. The summed E-state index contributed by atoms with van der Waals surface area (Å²) in [6.45, 7) is 0. The maximum Gasteiger partial charge on any atom is 0.301 e. The van der Waals surface area contributed by atoms with Crippen LogP contribution in [0.25, 0.3) is 16.0 Å². The van der Waals surface area contributed by atoms with Crippen LogP contribution in [0.5, 0.6) is 23.0 Å². The Morgan fingerprint density at radius 1 is 0.805 bits per heavy atom. The highest BCUT2D eigenvalue weighted by Crippen LogP contribution is 2.45. The van der Waals surface area contributed by atoms with Crippen LogP contribution in [-0.4, -0.2) is 36.0 Å². The third kappa shape index (κ3) is 4.87. The van der Waals surface area contributed by atoms with Crippen molar-refractivity contribution in [3.63, 3.8) is 0 Å². The Labute approximate surface area is 239 Å². The van der Waals surface area contributed by atoms with Gasteiger partial charge in [-0.25, -0.2) is 4.98 Å². The lowest BCUT2D eigenvalue weighted by Gasteiger charge is -2.23. The maximum atomic E-state index is 13.6. The van der Waals surface area contributed by atoms with E-state index in [9.17, 15) is 14.7 Å². The van der Waals surface area contributed by atoms with E-state index in [1.54, 1.807) is 74.9 Å². The topological polar surface area (TPSA) is 98.2 Å². The average molecular weight is 565 g/mol. The second-order valence-corrected chi connectivity index (χ2v) is 10.2.